The summed E-state index contributed by atoms with van der Waals surface area (Å²) in [5.74, 6) is -1.34. The van der Waals surface area contributed by atoms with E-state index in [0.29, 0.717) is 33.6 Å². The van der Waals surface area contributed by atoms with Crippen LogP contribution in [-0.4, -0.2) is 31.9 Å². The molecule has 0 saturated carbocycles. The van der Waals surface area contributed by atoms with E-state index in [1.165, 1.54) is 12.5 Å². The first-order chi connectivity index (χ1) is 11.9. The molecule has 0 saturated heterocycles. The molecule has 0 radical (unpaired) electrons. The number of hydrogen-bond acceptors (Lipinski definition) is 4. The first-order valence-electron chi connectivity index (χ1n) is 7.51. The van der Waals surface area contributed by atoms with Gasteiger partial charge in [0, 0.05) is 23.0 Å². The van der Waals surface area contributed by atoms with Crippen LogP contribution in [0.5, 0.6) is 0 Å². The standard InChI is InChI=1S/C18H16N4O3/c1-9(2)17(23)22-12-5-10(3)4-11(6-12)15-14-13(18(24)25)7-19-16(14)21-8-20-15/h4-8H,1H2,2-3H3,(H,22,23)(H,24,25)(H,19,20,21). The van der Waals surface area contributed by atoms with Gasteiger partial charge in [-0.15, -0.1) is 0 Å². The molecule has 3 aromatic rings. The number of aromatic nitrogens is 3. The number of H-pyrrole nitrogens is 1. The van der Waals surface area contributed by atoms with Gasteiger partial charge in [0.1, 0.15) is 12.0 Å². The Hall–Kier alpha value is -3.48. The zero-order valence-corrected chi connectivity index (χ0v) is 13.8. The van der Waals surface area contributed by atoms with Crippen LogP contribution in [-0.2, 0) is 4.79 Å². The molecule has 2 heterocycles. The topological polar surface area (TPSA) is 108 Å². The van der Waals surface area contributed by atoms with Crippen LogP contribution in [0.15, 0.2) is 42.9 Å². The molecular weight excluding hydrogens is 320 g/mol. The molecule has 2 aromatic heterocycles. The van der Waals surface area contributed by atoms with Crippen LogP contribution in [0, 0.1) is 6.92 Å². The summed E-state index contributed by atoms with van der Waals surface area (Å²) in [5.41, 5.74) is 3.59. The van der Waals surface area contributed by atoms with Crippen LogP contribution in [0.3, 0.4) is 0 Å². The van der Waals surface area contributed by atoms with E-state index in [0.717, 1.165) is 5.56 Å². The lowest BCUT2D eigenvalue weighted by molar-refractivity contribution is -0.112. The highest BCUT2D eigenvalue weighted by Crippen LogP contribution is 2.30. The summed E-state index contributed by atoms with van der Waals surface area (Å²) in [6, 6.07) is 5.43. The van der Waals surface area contributed by atoms with Crippen LogP contribution in [0.2, 0.25) is 0 Å². The molecule has 0 fully saturated rings. The number of carbonyl (C=O) groups is 2. The molecule has 3 N–H and O–H groups in total. The van der Waals surface area contributed by atoms with E-state index in [9.17, 15) is 14.7 Å². The van der Waals surface area contributed by atoms with E-state index in [2.05, 4.69) is 26.8 Å². The second-order valence-corrected chi connectivity index (χ2v) is 5.78. The number of benzene rings is 1. The van der Waals surface area contributed by atoms with Crippen molar-refractivity contribution in [2.24, 2.45) is 0 Å². The normalized spacial score (nSPS) is 10.6. The van der Waals surface area contributed by atoms with Crippen LogP contribution in [0.1, 0.15) is 22.8 Å². The molecule has 1 aromatic carbocycles. The molecule has 3 rings (SSSR count). The smallest absolute Gasteiger partial charge is 0.338 e. The Balaban J connectivity index is 2.17. The average Bonchev–Trinajstić information content (AvgIpc) is 2.98. The summed E-state index contributed by atoms with van der Waals surface area (Å²) < 4.78 is 0. The molecule has 7 heteroatoms. The van der Waals surface area contributed by atoms with Crippen molar-refractivity contribution in [1.82, 2.24) is 15.0 Å². The second kappa shape index (κ2) is 6.20. The minimum atomic E-state index is -1.06. The SMILES string of the molecule is C=C(C)C(=O)Nc1cc(C)cc(-c2ncnc3[nH]cc(C(=O)O)c23)c1. The Bertz CT molecular complexity index is 1020. The maximum absolute atomic E-state index is 11.9. The number of aromatic amines is 1. The first kappa shape index (κ1) is 16.4. The van der Waals surface area contributed by atoms with Gasteiger partial charge in [0.15, 0.2) is 0 Å². The van der Waals surface area contributed by atoms with Crippen LogP contribution in [0.4, 0.5) is 5.69 Å². The largest absolute Gasteiger partial charge is 0.478 e. The van der Waals surface area contributed by atoms with Crippen molar-refractivity contribution in [2.45, 2.75) is 13.8 Å². The van der Waals surface area contributed by atoms with Crippen molar-refractivity contribution in [3.63, 3.8) is 0 Å². The van der Waals surface area contributed by atoms with E-state index >= 15 is 0 Å². The third kappa shape index (κ3) is 3.12. The summed E-state index contributed by atoms with van der Waals surface area (Å²) in [6.45, 7) is 7.12. The third-order valence-electron chi connectivity index (χ3n) is 3.70. The molecule has 0 atom stereocenters. The number of rotatable bonds is 4. The van der Waals surface area contributed by atoms with Crippen molar-refractivity contribution < 1.29 is 14.7 Å². The van der Waals surface area contributed by atoms with E-state index in [4.69, 9.17) is 0 Å². The number of aromatic carboxylic acids is 1. The van der Waals surface area contributed by atoms with E-state index < -0.39 is 5.97 Å². The van der Waals surface area contributed by atoms with E-state index in [-0.39, 0.29) is 11.5 Å². The Morgan fingerprint density at radius 1 is 1.24 bits per heavy atom. The van der Waals surface area contributed by atoms with Crippen molar-refractivity contribution in [2.75, 3.05) is 5.32 Å². The van der Waals surface area contributed by atoms with E-state index in [1.54, 1.807) is 13.0 Å². The monoisotopic (exact) mass is 336 g/mol. The number of nitrogens with one attached hydrogen (secondary N) is 2. The molecule has 126 valence electrons. The maximum Gasteiger partial charge on any atom is 0.338 e. The number of fused-ring (bicyclic) bond motifs is 1. The summed E-state index contributed by atoms with van der Waals surface area (Å²) in [5, 5.41) is 12.6. The molecule has 0 unspecified atom stereocenters. The zero-order chi connectivity index (χ0) is 18.1. The van der Waals surface area contributed by atoms with Crippen LogP contribution in [0.25, 0.3) is 22.3 Å². The zero-order valence-electron chi connectivity index (χ0n) is 13.8. The first-order valence-corrected chi connectivity index (χ1v) is 7.51. The Morgan fingerprint density at radius 3 is 2.68 bits per heavy atom. The molecule has 1 amide bonds. The highest BCUT2D eigenvalue weighted by atomic mass is 16.4. The lowest BCUT2D eigenvalue weighted by Gasteiger charge is -2.10. The number of nitrogens with zero attached hydrogens (tertiary/aromatic N) is 2. The summed E-state index contributed by atoms with van der Waals surface area (Å²) in [7, 11) is 0. The Kier molecular flexibility index (Phi) is 4.06. The maximum atomic E-state index is 11.9. The molecular formula is C18H16N4O3. The van der Waals surface area contributed by atoms with Gasteiger partial charge in [-0.25, -0.2) is 14.8 Å². The fourth-order valence-corrected chi connectivity index (χ4v) is 2.58. The molecule has 0 bridgehead atoms. The van der Waals surface area contributed by atoms with Crippen LogP contribution < -0.4 is 5.32 Å². The van der Waals surface area contributed by atoms with Gasteiger partial charge in [-0.1, -0.05) is 6.58 Å². The number of carboxylic acid groups (broad SMARTS) is 1. The van der Waals surface area contributed by atoms with E-state index in [1.807, 2.05) is 19.1 Å². The van der Waals surface area contributed by atoms with Gasteiger partial charge in [0.2, 0.25) is 0 Å². The van der Waals surface area contributed by atoms with Gasteiger partial charge >= 0.3 is 5.97 Å². The number of carbonyl (C=O) groups excluding carboxylic acids is 1. The fraction of sp³-hybridized carbons (Fsp3) is 0.111. The van der Waals surface area contributed by atoms with Gasteiger partial charge in [-0.2, -0.15) is 0 Å². The highest BCUT2D eigenvalue weighted by molar-refractivity contribution is 6.08. The molecule has 0 spiro atoms. The van der Waals surface area contributed by atoms with Crippen molar-refractivity contribution in [3.05, 3.63) is 54.0 Å². The van der Waals surface area contributed by atoms with Crippen molar-refractivity contribution in [1.29, 1.82) is 0 Å². The molecule has 25 heavy (non-hydrogen) atoms. The lowest BCUT2D eigenvalue weighted by Crippen LogP contribution is -2.12. The molecule has 7 nitrogen and oxygen atoms in total. The van der Waals surface area contributed by atoms with Crippen molar-refractivity contribution >= 4 is 28.6 Å². The fourth-order valence-electron chi connectivity index (χ4n) is 2.58. The number of amides is 1. The molecule has 0 aliphatic heterocycles. The third-order valence-corrected chi connectivity index (χ3v) is 3.70. The molecule has 0 aliphatic carbocycles. The van der Waals surface area contributed by atoms with Gasteiger partial charge in [0.05, 0.1) is 16.6 Å². The second-order valence-electron chi connectivity index (χ2n) is 5.78. The van der Waals surface area contributed by atoms with Gasteiger partial charge in [0.25, 0.3) is 5.91 Å². The van der Waals surface area contributed by atoms with Gasteiger partial charge in [-0.05, 0) is 37.6 Å². The predicted molar refractivity (Wildman–Crippen MR) is 94.5 cm³/mol. The number of hydrogen-bond donors (Lipinski definition) is 3. The average molecular weight is 336 g/mol. The number of anilines is 1. The quantitative estimate of drug-likeness (QED) is 0.634. The highest BCUT2D eigenvalue weighted by Gasteiger charge is 2.18. The minimum Gasteiger partial charge on any atom is -0.478 e. The summed E-state index contributed by atoms with van der Waals surface area (Å²) in [4.78, 5) is 34.5. The minimum absolute atomic E-state index is 0.0969. The molecule has 0 aliphatic rings. The number of aryl methyl sites for hydroxylation is 1. The number of carboxylic acids is 1. The van der Waals surface area contributed by atoms with Crippen molar-refractivity contribution in [3.8, 4) is 11.3 Å². The Morgan fingerprint density at radius 2 is 2.00 bits per heavy atom. The predicted octanol–water partition coefficient (Wildman–Crippen LogP) is 3.15. The Labute approximate surface area is 143 Å². The summed E-state index contributed by atoms with van der Waals surface area (Å²) in [6.07, 6.45) is 2.76. The van der Waals surface area contributed by atoms with Crippen LogP contribution >= 0.6 is 0 Å². The lowest BCUT2D eigenvalue weighted by atomic mass is 10.0. The van der Waals surface area contributed by atoms with Gasteiger partial charge in [-0.3, -0.25) is 4.79 Å². The summed E-state index contributed by atoms with van der Waals surface area (Å²) >= 11 is 0. The van der Waals surface area contributed by atoms with Gasteiger partial charge < -0.3 is 15.4 Å².